The molecule has 0 amide bonds. The zero-order chi connectivity index (χ0) is 14.3. The first-order valence-electron chi connectivity index (χ1n) is 6.07. The van der Waals surface area contributed by atoms with Gasteiger partial charge >= 0.3 is 5.97 Å². The van der Waals surface area contributed by atoms with E-state index in [1.165, 1.54) is 0 Å². The summed E-state index contributed by atoms with van der Waals surface area (Å²) in [6, 6.07) is 0. The fourth-order valence-electron chi connectivity index (χ4n) is 1.90. The second kappa shape index (κ2) is 4.34. The lowest BCUT2D eigenvalue weighted by atomic mass is 9.87. The summed E-state index contributed by atoms with van der Waals surface area (Å²) >= 11 is 0. The molecule has 0 unspecified atom stereocenters. The van der Waals surface area contributed by atoms with Crippen molar-refractivity contribution in [3.63, 3.8) is 0 Å². The van der Waals surface area contributed by atoms with Crippen molar-refractivity contribution >= 4 is 5.97 Å². The lowest BCUT2D eigenvalue weighted by molar-refractivity contribution is 0.0686. The van der Waals surface area contributed by atoms with Crippen LogP contribution in [0.3, 0.4) is 0 Å². The molecule has 100 valence electrons. The molecule has 0 saturated carbocycles. The highest BCUT2D eigenvalue weighted by atomic mass is 16.4. The van der Waals surface area contributed by atoms with Gasteiger partial charge in [0.2, 0.25) is 0 Å². The summed E-state index contributed by atoms with van der Waals surface area (Å²) in [5.74, 6) is -1.02. The molecule has 0 aromatic carbocycles. The van der Waals surface area contributed by atoms with Crippen LogP contribution < -0.4 is 0 Å². The van der Waals surface area contributed by atoms with E-state index < -0.39 is 5.97 Å². The van der Waals surface area contributed by atoms with Gasteiger partial charge in [-0.1, -0.05) is 41.5 Å². The first kappa shape index (κ1) is 14.6. The largest absolute Gasteiger partial charge is 0.476 e. The molecule has 0 saturated heterocycles. The summed E-state index contributed by atoms with van der Waals surface area (Å²) in [5.41, 5.74) is 1.61. The molecule has 0 fully saturated rings. The highest BCUT2D eigenvalue weighted by Crippen LogP contribution is 2.28. The van der Waals surface area contributed by atoms with Gasteiger partial charge in [0.05, 0.1) is 17.1 Å². The van der Waals surface area contributed by atoms with Crippen LogP contribution >= 0.6 is 0 Å². The predicted molar refractivity (Wildman–Crippen MR) is 71.1 cm³/mol. The second-order valence-corrected chi connectivity index (χ2v) is 6.66. The van der Waals surface area contributed by atoms with Crippen LogP contribution in [0.4, 0.5) is 0 Å². The number of hydrogen-bond donors (Lipinski definition) is 1. The Morgan fingerprint density at radius 1 is 0.944 bits per heavy atom. The molecule has 1 aromatic rings. The molecule has 1 rings (SSSR count). The molecule has 0 aliphatic heterocycles. The number of aromatic nitrogens is 2. The maximum Gasteiger partial charge on any atom is 0.356 e. The van der Waals surface area contributed by atoms with Crippen molar-refractivity contribution in [3.05, 3.63) is 22.8 Å². The molecule has 18 heavy (non-hydrogen) atoms. The van der Waals surface area contributed by atoms with E-state index in [2.05, 4.69) is 9.97 Å². The van der Waals surface area contributed by atoms with Gasteiger partial charge in [0, 0.05) is 10.8 Å². The second-order valence-electron chi connectivity index (χ2n) is 6.66. The van der Waals surface area contributed by atoms with Crippen LogP contribution in [0.2, 0.25) is 0 Å². The summed E-state index contributed by atoms with van der Waals surface area (Å²) in [4.78, 5) is 20.2. The van der Waals surface area contributed by atoms with Crippen molar-refractivity contribution in [1.29, 1.82) is 0 Å². The Kier molecular flexibility index (Phi) is 3.52. The maximum atomic E-state index is 11.4. The van der Waals surface area contributed by atoms with E-state index in [-0.39, 0.29) is 16.5 Å². The van der Waals surface area contributed by atoms with Crippen LogP contribution in [0.25, 0.3) is 0 Å². The fourth-order valence-corrected chi connectivity index (χ4v) is 1.90. The molecule has 1 N–H and O–H groups in total. The normalized spacial score (nSPS) is 12.6. The highest BCUT2D eigenvalue weighted by molar-refractivity contribution is 5.87. The summed E-state index contributed by atoms with van der Waals surface area (Å²) in [6.45, 7) is 13.7. The maximum absolute atomic E-state index is 11.4. The Morgan fingerprint density at radius 2 is 1.39 bits per heavy atom. The van der Waals surface area contributed by atoms with Crippen LogP contribution in [0.1, 0.15) is 69.1 Å². The zero-order valence-corrected chi connectivity index (χ0v) is 12.2. The zero-order valence-electron chi connectivity index (χ0n) is 12.2. The van der Waals surface area contributed by atoms with Crippen LogP contribution in [0.5, 0.6) is 0 Å². The summed E-state index contributed by atoms with van der Waals surface area (Å²) < 4.78 is 0. The SMILES string of the molecule is Cc1nc(C(C)(C)C)c(C(=O)O)nc1C(C)(C)C. The molecule has 0 spiro atoms. The minimum atomic E-state index is -1.02. The van der Waals surface area contributed by atoms with Crippen LogP contribution in [-0.4, -0.2) is 21.0 Å². The van der Waals surface area contributed by atoms with Crippen LogP contribution in [-0.2, 0) is 10.8 Å². The van der Waals surface area contributed by atoms with Gasteiger partial charge in [-0.25, -0.2) is 9.78 Å². The highest BCUT2D eigenvalue weighted by Gasteiger charge is 2.29. The van der Waals surface area contributed by atoms with Crippen LogP contribution in [0.15, 0.2) is 0 Å². The molecule has 0 aliphatic rings. The molecule has 0 radical (unpaired) electrons. The van der Waals surface area contributed by atoms with E-state index in [9.17, 15) is 9.90 Å². The number of carboxylic acid groups (broad SMARTS) is 1. The minimum Gasteiger partial charge on any atom is -0.476 e. The van der Waals surface area contributed by atoms with E-state index in [1.807, 2.05) is 48.5 Å². The van der Waals surface area contributed by atoms with E-state index >= 15 is 0 Å². The Hall–Kier alpha value is -1.45. The molecule has 0 atom stereocenters. The Morgan fingerprint density at radius 3 is 1.72 bits per heavy atom. The monoisotopic (exact) mass is 250 g/mol. The fraction of sp³-hybridized carbons (Fsp3) is 0.643. The van der Waals surface area contributed by atoms with Gasteiger partial charge < -0.3 is 5.11 Å². The van der Waals surface area contributed by atoms with Gasteiger partial charge in [0.15, 0.2) is 5.69 Å². The number of rotatable bonds is 1. The van der Waals surface area contributed by atoms with E-state index in [0.717, 1.165) is 11.4 Å². The van der Waals surface area contributed by atoms with Crippen molar-refractivity contribution in [2.45, 2.75) is 59.3 Å². The van der Waals surface area contributed by atoms with E-state index in [4.69, 9.17) is 0 Å². The molecular weight excluding hydrogens is 228 g/mol. The number of carbonyl (C=O) groups is 1. The van der Waals surface area contributed by atoms with Crippen molar-refractivity contribution in [2.75, 3.05) is 0 Å². The van der Waals surface area contributed by atoms with Crippen molar-refractivity contribution < 1.29 is 9.90 Å². The van der Waals surface area contributed by atoms with E-state index in [1.54, 1.807) is 0 Å². The van der Waals surface area contributed by atoms with Gasteiger partial charge in [-0.05, 0) is 6.92 Å². The molecular formula is C14H22N2O2. The minimum absolute atomic E-state index is 0.0676. The topological polar surface area (TPSA) is 63.1 Å². The molecule has 4 heteroatoms. The van der Waals surface area contributed by atoms with Gasteiger partial charge in [0.25, 0.3) is 0 Å². The Balaban J connectivity index is 3.60. The lowest BCUT2D eigenvalue weighted by Gasteiger charge is -2.25. The van der Waals surface area contributed by atoms with Crippen LogP contribution in [0, 0.1) is 6.92 Å². The van der Waals surface area contributed by atoms with Gasteiger partial charge in [-0.3, -0.25) is 4.98 Å². The summed E-state index contributed by atoms with van der Waals surface area (Å²) in [7, 11) is 0. The first-order valence-corrected chi connectivity index (χ1v) is 6.07. The lowest BCUT2D eigenvalue weighted by Crippen LogP contribution is -2.26. The molecule has 0 aliphatic carbocycles. The number of aryl methyl sites for hydroxylation is 1. The summed E-state index contributed by atoms with van der Waals surface area (Å²) in [6.07, 6.45) is 0. The summed E-state index contributed by atoms with van der Waals surface area (Å²) in [5, 5.41) is 9.31. The van der Waals surface area contributed by atoms with Crippen molar-refractivity contribution in [3.8, 4) is 0 Å². The number of nitrogens with zero attached hydrogens (tertiary/aromatic N) is 2. The average molecular weight is 250 g/mol. The standard InChI is InChI=1S/C14H22N2O2/c1-8-10(13(2,3)4)16-9(12(17)18)11(15-8)14(5,6)7/h1-7H3,(H,17,18). The third kappa shape index (κ3) is 2.86. The number of hydrogen-bond acceptors (Lipinski definition) is 3. The van der Waals surface area contributed by atoms with Crippen molar-refractivity contribution in [1.82, 2.24) is 9.97 Å². The van der Waals surface area contributed by atoms with Gasteiger partial charge in [-0.2, -0.15) is 0 Å². The van der Waals surface area contributed by atoms with Gasteiger partial charge in [-0.15, -0.1) is 0 Å². The molecule has 1 aromatic heterocycles. The smallest absolute Gasteiger partial charge is 0.356 e. The molecule has 1 heterocycles. The molecule has 0 bridgehead atoms. The third-order valence-corrected chi connectivity index (χ3v) is 2.69. The Bertz CT molecular complexity index is 480. The Labute approximate surface area is 108 Å². The van der Waals surface area contributed by atoms with E-state index in [0.29, 0.717) is 5.69 Å². The predicted octanol–water partition coefficient (Wildman–Crippen LogP) is 3.08. The number of carboxylic acids is 1. The van der Waals surface area contributed by atoms with Gasteiger partial charge in [0.1, 0.15) is 0 Å². The molecule has 4 nitrogen and oxygen atoms in total. The quantitative estimate of drug-likeness (QED) is 0.832. The number of aromatic carboxylic acids is 1. The average Bonchev–Trinajstić information content (AvgIpc) is 2.13. The third-order valence-electron chi connectivity index (χ3n) is 2.69. The first-order chi connectivity index (χ1) is 7.94. The van der Waals surface area contributed by atoms with Crippen molar-refractivity contribution in [2.24, 2.45) is 0 Å².